The summed E-state index contributed by atoms with van der Waals surface area (Å²) in [5.74, 6) is 0.426. The quantitative estimate of drug-likeness (QED) is 0.773. The molecule has 0 fully saturated rings. The molecule has 9 heteroatoms. The molecule has 0 atom stereocenters. The van der Waals surface area contributed by atoms with Gasteiger partial charge in [-0.2, -0.15) is 17.7 Å². The summed E-state index contributed by atoms with van der Waals surface area (Å²) in [5.41, 5.74) is 0.543. The summed E-state index contributed by atoms with van der Waals surface area (Å²) >= 11 is 0. The molecule has 0 aliphatic rings. The van der Waals surface area contributed by atoms with E-state index in [1.165, 1.54) is 16.6 Å². The minimum absolute atomic E-state index is 0.0945. The lowest BCUT2D eigenvalue weighted by Gasteiger charge is -2.10. The normalized spacial score (nSPS) is 11.5. The topological polar surface area (TPSA) is 71.3 Å². The number of hydrogen-bond donors (Lipinski definition) is 2. The van der Waals surface area contributed by atoms with E-state index in [0.29, 0.717) is 11.4 Å². The number of rotatable bonds is 3. The van der Waals surface area contributed by atoms with Gasteiger partial charge < -0.3 is 5.32 Å². The van der Waals surface area contributed by atoms with Crippen LogP contribution in [0.25, 0.3) is 5.52 Å². The smallest absolute Gasteiger partial charge is 0.334 e. The summed E-state index contributed by atoms with van der Waals surface area (Å²) in [4.78, 5) is 11.9. The lowest BCUT2D eigenvalue weighted by atomic mass is 10.1. The summed E-state index contributed by atoms with van der Waals surface area (Å²) in [6.07, 6.45) is -2.83. The first-order chi connectivity index (χ1) is 11.4. The van der Waals surface area contributed by atoms with Crippen LogP contribution >= 0.6 is 0 Å². The van der Waals surface area contributed by atoms with Crippen LogP contribution < -0.4 is 10.6 Å². The number of nitrogens with one attached hydrogen (secondary N) is 2. The molecular formula is C15H12F3N5O. The van der Waals surface area contributed by atoms with Crippen molar-refractivity contribution in [2.75, 3.05) is 5.32 Å². The number of benzene rings is 1. The van der Waals surface area contributed by atoms with Gasteiger partial charge in [-0.1, -0.05) is 23.4 Å². The number of alkyl halides is 3. The Morgan fingerprint density at radius 2 is 1.88 bits per heavy atom. The summed E-state index contributed by atoms with van der Waals surface area (Å²) in [6.45, 7) is 0.0945. The van der Waals surface area contributed by atoms with Gasteiger partial charge in [0.2, 0.25) is 0 Å². The Bertz CT molecular complexity index is 857. The molecule has 2 heterocycles. The van der Waals surface area contributed by atoms with E-state index in [2.05, 4.69) is 20.9 Å². The first kappa shape index (κ1) is 15.8. The molecule has 0 bridgehead atoms. The second-order valence-corrected chi connectivity index (χ2v) is 4.98. The van der Waals surface area contributed by atoms with Crippen LogP contribution in [0.3, 0.4) is 0 Å². The molecule has 0 saturated heterocycles. The summed E-state index contributed by atoms with van der Waals surface area (Å²) in [6, 6.07) is 9.27. The molecule has 3 aromatic rings. The molecule has 0 aliphatic heterocycles. The Labute approximate surface area is 134 Å². The standard InChI is InChI=1S/C15H12F3N5O/c16-15(17,18)11-6-4-10(5-7-11)8-19-14(24)21-13-3-1-2-12-9-20-22-23(12)13/h1-7,9H,8H2,(H2,19,21,24). The van der Waals surface area contributed by atoms with Gasteiger partial charge in [-0.05, 0) is 29.8 Å². The molecule has 0 spiro atoms. The average molecular weight is 335 g/mol. The van der Waals surface area contributed by atoms with Crippen LogP contribution in [0.4, 0.5) is 23.8 Å². The number of urea groups is 1. The van der Waals surface area contributed by atoms with Crippen LogP contribution in [0.15, 0.2) is 48.7 Å². The second-order valence-electron chi connectivity index (χ2n) is 4.98. The molecule has 0 aliphatic carbocycles. The molecule has 124 valence electrons. The molecule has 1 aromatic carbocycles. The number of anilines is 1. The van der Waals surface area contributed by atoms with Gasteiger partial charge >= 0.3 is 12.2 Å². The van der Waals surface area contributed by atoms with E-state index in [0.717, 1.165) is 17.6 Å². The van der Waals surface area contributed by atoms with E-state index in [-0.39, 0.29) is 6.54 Å². The van der Waals surface area contributed by atoms with Gasteiger partial charge in [-0.15, -0.1) is 5.10 Å². The Balaban J connectivity index is 1.61. The van der Waals surface area contributed by atoms with Crippen molar-refractivity contribution in [3.8, 4) is 0 Å². The monoisotopic (exact) mass is 335 g/mol. The van der Waals surface area contributed by atoms with Crippen LogP contribution in [0, 0.1) is 0 Å². The number of halogens is 3. The number of aromatic nitrogens is 3. The fraction of sp³-hybridized carbons (Fsp3) is 0.133. The van der Waals surface area contributed by atoms with E-state index in [1.807, 2.05) is 0 Å². The zero-order chi connectivity index (χ0) is 17.2. The Hall–Kier alpha value is -3.10. The van der Waals surface area contributed by atoms with Crippen LogP contribution in [0.2, 0.25) is 0 Å². The Morgan fingerprint density at radius 3 is 2.58 bits per heavy atom. The van der Waals surface area contributed by atoms with Crippen molar-refractivity contribution in [1.82, 2.24) is 20.1 Å². The molecule has 2 aromatic heterocycles. The largest absolute Gasteiger partial charge is 0.416 e. The number of amides is 2. The average Bonchev–Trinajstić information content (AvgIpc) is 3.02. The molecule has 0 radical (unpaired) electrons. The van der Waals surface area contributed by atoms with Crippen LogP contribution in [0.1, 0.15) is 11.1 Å². The molecular weight excluding hydrogens is 323 g/mol. The zero-order valence-electron chi connectivity index (χ0n) is 12.2. The number of carbonyl (C=O) groups excluding carboxylic acids is 1. The number of carbonyl (C=O) groups is 1. The highest BCUT2D eigenvalue weighted by molar-refractivity contribution is 5.88. The van der Waals surface area contributed by atoms with Gasteiger partial charge in [0, 0.05) is 6.54 Å². The fourth-order valence-electron chi connectivity index (χ4n) is 2.10. The van der Waals surface area contributed by atoms with Gasteiger partial charge in [0.05, 0.1) is 17.3 Å². The van der Waals surface area contributed by atoms with Crippen LogP contribution in [0.5, 0.6) is 0 Å². The van der Waals surface area contributed by atoms with Crippen molar-refractivity contribution in [2.45, 2.75) is 12.7 Å². The fourth-order valence-corrected chi connectivity index (χ4v) is 2.10. The van der Waals surface area contributed by atoms with Crippen LogP contribution in [-0.2, 0) is 12.7 Å². The maximum Gasteiger partial charge on any atom is 0.416 e. The van der Waals surface area contributed by atoms with Gasteiger partial charge in [0.1, 0.15) is 5.82 Å². The molecule has 0 saturated carbocycles. The van der Waals surface area contributed by atoms with E-state index < -0.39 is 17.8 Å². The predicted octanol–water partition coefficient (Wildman–Crippen LogP) is 3.07. The molecule has 0 unspecified atom stereocenters. The highest BCUT2D eigenvalue weighted by Crippen LogP contribution is 2.29. The van der Waals surface area contributed by atoms with Gasteiger partial charge in [-0.25, -0.2) is 4.79 Å². The first-order valence-electron chi connectivity index (χ1n) is 6.94. The van der Waals surface area contributed by atoms with E-state index in [1.54, 1.807) is 24.4 Å². The maximum atomic E-state index is 12.5. The van der Waals surface area contributed by atoms with Crippen molar-refractivity contribution < 1.29 is 18.0 Å². The molecule has 2 amide bonds. The highest BCUT2D eigenvalue weighted by atomic mass is 19.4. The summed E-state index contributed by atoms with van der Waals surface area (Å²) in [5, 5.41) is 12.8. The summed E-state index contributed by atoms with van der Waals surface area (Å²) < 4.78 is 38.9. The zero-order valence-corrected chi connectivity index (χ0v) is 12.2. The number of fused-ring (bicyclic) bond motifs is 1. The van der Waals surface area contributed by atoms with Gasteiger partial charge in [0.15, 0.2) is 0 Å². The predicted molar refractivity (Wildman–Crippen MR) is 80.3 cm³/mol. The minimum atomic E-state index is -4.38. The van der Waals surface area contributed by atoms with Crippen LogP contribution in [-0.4, -0.2) is 20.9 Å². The number of nitrogens with zero attached hydrogens (tertiary/aromatic N) is 3. The number of hydrogen-bond acceptors (Lipinski definition) is 3. The lowest BCUT2D eigenvalue weighted by molar-refractivity contribution is -0.137. The lowest BCUT2D eigenvalue weighted by Crippen LogP contribution is -2.29. The van der Waals surface area contributed by atoms with E-state index in [4.69, 9.17) is 0 Å². The maximum absolute atomic E-state index is 12.5. The van der Waals surface area contributed by atoms with Crippen molar-refractivity contribution in [3.63, 3.8) is 0 Å². The third kappa shape index (κ3) is 3.45. The molecule has 2 N–H and O–H groups in total. The van der Waals surface area contributed by atoms with Crippen molar-refractivity contribution in [1.29, 1.82) is 0 Å². The molecule has 3 rings (SSSR count). The SMILES string of the molecule is O=C(NCc1ccc(C(F)(F)F)cc1)Nc1cccc2cnnn12. The molecule has 24 heavy (non-hydrogen) atoms. The third-order valence-electron chi connectivity index (χ3n) is 3.30. The van der Waals surface area contributed by atoms with E-state index in [9.17, 15) is 18.0 Å². The Kier molecular flexibility index (Phi) is 4.07. The van der Waals surface area contributed by atoms with Crippen molar-refractivity contribution in [3.05, 3.63) is 59.8 Å². The van der Waals surface area contributed by atoms with Gasteiger partial charge in [0.25, 0.3) is 0 Å². The minimum Gasteiger partial charge on any atom is -0.334 e. The second kappa shape index (κ2) is 6.19. The molecule has 6 nitrogen and oxygen atoms in total. The van der Waals surface area contributed by atoms with Crippen molar-refractivity contribution in [2.24, 2.45) is 0 Å². The first-order valence-corrected chi connectivity index (χ1v) is 6.94. The highest BCUT2D eigenvalue weighted by Gasteiger charge is 2.29. The van der Waals surface area contributed by atoms with Crippen molar-refractivity contribution >= 4 is 17.4 Å². The van der Waals surface area contributed by atoms with E-state index >= 15 is 0 Å². The number of pyridine rings is 1. The van der Waals surface area contributed by atoms with Gasteiger partial charge in [-0.3, -0.25) is 5.32 Å². The Morgan fingerprint density at radius 1 is 1.12 bits per heavy atom. The third-order valence-corrected chi connectivity index (χ3v) is 3.30. The summed E-state index contributed by atoms with van der Waals surface area (Å²) in [7, 11) is 0.